The van der Waals surface area contributed by atoms with Crippen LogP contribution in [0.2, 0.25) is 0 Å². The third-order valence-corrected chi connectivity index (χ3v) is 4.54. The summed E-state index contributed by atoms with van der Waals surface area (Å²) in [5.41, 5.74) is -0.630. The van der Waals surface area contributed by atoms with Crippen molar-refractivity contribution in [2.75, 3.05) is 6.54 Å². The molecule has 1 unspecified atom stereocenters. The number of hydrogen-bond donors (Lipinski definition) is 1. The van der Waals surface area contributed by atoms with Gasteiger partial charge in [0.05, 0.1) is 0 Å². The van der Waals surface area contributed by atoms with Crippen molar-refractivity contribution in [3.8, 4) is 0 Å². The average molecular weight is 282 g/mol. The summed E-state index contributed by atoms with van der Waals surface area (Å²) in [5.74, 6) is 0.156. The zero-order valence-corrected chi connectivity index (χ0v) is 13.5. The van der Waals surface area contributed by atoms with Gasteiger partial charge in [-0.1, -0.05) is 47.0 Å². The predicted molar refractivity (Wildman–Crippen MR) is 81.4 cm³/mol. The Morgan fingerprint density at radius 2 is 1.70 bits per heavy atom. The smallest absolute Gasteiger partial charge is 0.246 e. The van der Waals surface area contributed by atoms with Gasteiger partial charge < -0.3 is 10.2 Å². The molecule has 4 heteroatoms. The Balaban J connectivity index is 2.97. The highest BCUT2D eigenvalue weighted by molar-refractivity contribution is 5.99. The highest BCUT2D eigenvalue weighted by atomic mass is 16.2. The van der Waals surface area contributed by atoms with Crippen molar-refractivity contribution in [3.05, 3.63) is 0 Å². The zero-order valence-electron chi connectivity index (χ0n) is 13.5. The standard InChI is InChI=1S/C16H30N2O2/c1-5-9-10-12-18-14(19)13(11-6-2)17-15(20)16(18,7-3)8-4/h13H,5-12H2,1-4H3,(H,17,20). The van der Waals surface area contributed by atoms with Gasteiger partial charge in [0.15, 0.2) is 0 Å². The highest BCUT2D eigenvalue weighted by Gasteiger charge is 2.49. The number of nitrogens with one attached hydrogen (secondary N) is 1. The maximum atomic E-state index is 12.7. The van der Waals surface area contributed by atoms with Crippen molar-refractivity contribution in [2.24, 2.45) is 0 Å². The molecule has 1 heterocycles. The Morgan fingerprint density at radius 1 is 1.05 bits per heavy atom. The van der Waals surface area contributed by atoms with Gasteiger partial charge in [-0.3, -0.25) is 9.59 Å². The van der Waals surface area contributed by atoms with E-state index in [9.17, 15) is 9.59 Å². The molecule has 1 aliphatic rings. The van der Waals surface area contributed by atoms with E-state index in [1.54, 1.807) is 0 Å². The lowest BCUT2D eigenvalue weighted by atomic mass is 9.85. The normalized spacial score (nSPS) is 22.0. The first-order valence-corrected chi connectivity index (χ1v) is 8.19. The predicted octanol–water partition coefficient (Wildman–Crippen LogP) is 2.86. The molecule has 0 aromatic carbocycles. The summed E-state index contributed by atoms with van der Waals surface area (Å²) < 4.78 is 0. The molecular weight excluding hydrogens is 252 g/mol. The van der Waals surface area contributed by atoms with E-state index in [-0.39, 0.29) is 17.9 Å². The number of hydrogen-bond acceptors (Lipinski definition) is 2. The molecule has 1 aliphatic heterocycles. The topological polar surface area (TPSA) is 49.4 Å². The summed E-state index contributed by atoms with van der Waals surface area (Å²) in [7, 11) is 0. The van der Waals surface area contributed by atoms with Gasteiger partial charge in [-0.25, -0.2) is 0 Å². The van der Waals surface area contributed by atoms with Crippen molar-refractivity contribution in [3.63, 3.8) is 0 Å². The Labute approximate surface area is 123 Å². The fourth-order valence-electron chi connectivity index (χ4n) is 3.16. The maximum Gasteiger partial charge on any atom is 0.246 e. The third-order valence-electron chi connectivity index (χ3n) is 4.54. The Bertz CT molecular complexity index is 337. The lowest BCUT2D eigenvalue weighted by Crippen LogP contribution is -2.70. The van der Waals surface area contributed by atoms with Gasteiger partial charge in [-0.2, -0.15) is 0 Å². The van der Waals surface area contributed by atoms with E-state index < -0.39 is 5.54 Å². The zero-order chi connectivity index (χ0) is 15.2. The van der Waals surface area contributed by atoms with Crippen LogP contribution < -0.4 is 5.32 Å². The molecule has 1 atom stereocenters. The molecule has 116 valence electrons. The van der Waals surface area contributed by atoms with Crippen LogP contribution in [0.25, 0.3) is 0 Å². The third kappa shape index (κ3) is 3.15. The first kappa shape index (κ1) is 17.0. The van der Waals surface area contributed by atoms with E-state index in [0.717, 1.165) is 32.1 Å². The SMILES string of the molecule is CCCCCN1C(=O)C(CCC)NC(=O)C1(CC)CC. The summed E-state index contributed by atoms with van der Waals surface area (Å²) in [4.78, 5) is 27.1. The average Bonchev–Trinajstić information content (AvgIpc) is 2.45. The van der Waals surface area contributed by atoms with Gasteiger partial charge in [0.1, 0.15) is 11.6 Å². The number of nitrogens with zero attached hydrogens (tertiary/aromatic N) is 1. The Hall–Kier alpha value is -1.06. The quantitative estimate of drug-likeness (QED) is 0.696. The summed E-state index contributed by atoms with van der Waals surface area (Å²) in [6.45, 7) is 8.91. The molecule has 0 bridgehead atoms. The molecule has 0 radical (unpaired) electrons. The lowest BCUT2D eigenvalue weighted by Gasteiger charge is -2.47. The molecule has 1 saturated heterocycles. The fourth-order valence-corrected chi connectivity index (χ4v) is 3.16. The van der Waals surface area contributed by atoms with Crippen LogP contribution >= 0.6 is 0 Å². The minimum absolute atomic E-state index is 0.0389. The molecule has 0 aromatic heterocycles. The lowest BCUT2D eigenvalue weighted by molar-refractivity contribution is -0.158. The van der Waals surface area contributed by atoms with Crippen LogP contribution in [0, 0.1) is 0 Å². The summed E-state index contributed by atoms with van der Waals surface area (Å²) in [5, 5.41) is 2.95. The van der Waals surface area contributed by atoms with Crippen LogP contribution in [0.3, 0.4) is 0 Å². The molecule has 2 amide bonds. The minimum atomic E-state index is -0.630. The summed E-state index contributed by atoms with van der Waals surface area (Å²) >= 11 is 0. The highest BCUT2D eigenvalue weighted by Crippen LogP contribution is 2.30. The van der Waals surface area contributed by atoms with Gasteiger partial charge in [-0.15, -0.1) is 0 Å². The Morgan fingerprint density at radius 3 is 2.20 bits per heavy atom. The molecule has 0 saturated carbocycles. The molecule has 1 fully saturated rings. The van der Waals surface area contributed by atoms with E-state index in [4.69, 9.17) is 0 Å². The second kappa shape index (κ2) is 7.65. The number of carbonyl (C=O) groups excluding carboxylic acids is 2. The number of rotatable bonds is 8. The van der Waals surface area contributed by atoms with Crippen molar-refractivity contribution in [2.45, 2.75) is 84.2 Å². The second-order valence-electron chi connectivity index (χ2n) is 5.75. The number of unbranched alkanes of at least 4 members (excludes halogenated alkanes) is 2. The summed E-state index contributed by atoms with van der Waals surface area (Å²) in [6.07, 6.45) is 6.22. The van der Waals surface area contributed by atoms with E-state index in [1.807, 2.05) is 25.7 Å². The monoisotopic (exact) mass is 282 g/mol. The second-order valence-corrected chi connectivity index (χ2v) is 5.75. The van der Waals surface area contributed by atoms with Gasteiger partial charge in [0, 0.05) is 6.54 Å². The van der Waals surface area contributed by atoms with E-state index in [0.29, 0.717) is 19.4 Å². The van der Waals surface area contributed by atoms with Crippen LogP contribution in [0.15, 0.2) is 0 Å². The largest absolute Gasteiger partial charge is 0.342 e. The van der Waals surface area contributed by atoms with Crippen LogP contribution in [-0.2, 0) is 9.59 Å². The first-order chi connectivity index (χ1) is 9.57. The molecule has 0 aromatic rings. The molecule has 0 spiro atoms. The van der Waals surface area contributed by atoms with Crippen LogP contribution in [0.1, 0.15) is 72.6 Å². The molecular formula is C16H30N2O2. The van der Waals surface area contributed by atoms with Crippen molar-refractivity contribution >= 4 is 11.8 Å². The van der Waals surface area contributed by atoms with Crippen molar-refractivity contribution < 1.29 is 9.59 Å². The summed E-state index contributed by atoms with van der Waals surface area (Å²) in [6, 6.07) is -0.319. The number of carbonyl (C=O) groups is 2. The van der Waals surface area contributed by atoms with Gasteiger partial charge in [-0.05, 0) is 25.7 Å². The van der Waals surface area contributed by atoms with Crippen LogP contribution in [-0.4, -0.2) is 34.8 Å². The number of amides is 2. The maximum absolute atomic E-state index is 12.7. The number of piperazine rings is 1. The van der Waals surface area contributed by atoms with Crippen molar-refractivity contribution in [1.82, 2.24) is 10.2 Å². The Kier molecular flexibility index (Phi) is 6.50. The molecule has 4 nitrogen and oxygen atoms in total. The van der Waals surface area contributed by atoms with Crippen molar-refractivity contribution in [1.29, 1.82) is 0 Å². The first-order valence-electron chi connectivity index (χ1n) is 8.19. The molecule has 20 heavy (non-hydrogen) atoms. The van der Waals surface area contributed by atoms with E-state index in [1.165, 1.54) is 0 Å². The van der Waals surface area contributed by atoms with Gasteiger partial charge in [0.25, 0.3) is 0 Å². The molecule has 0 aliphatic carbocycles. The van der Waals surface area contributed by atoms with E-state index in [2.05, 4.69) is 12.2 Å². The van der Waals surface area contributed by atoms with Gasteiger partial charge >= 0.3 is 0 Å². The van der Waals surface area contributed by atoms with Gasteiger partial charge in [0.2, 0.25) is 11.8 Å². The van der Waals surface area contributed by atoms with E-state index >= 15 is 0 Å². The molecule has 1 rings (SSSR count). The minimum Gasteiger partial charge on any atom is -0.342 e. The fraction of sp³-hybridized carbons (Fsp3) is 0.875. The van der Waals surface area contributed by atoms with Crippen LogP contribution in [0.4, 0.5) is 0 Å². The molecule has 1 N–H and O–H groups in total. The van der Waals surface area contributed by atoms with Crippen LogP contribution in [0.5, 0.6) is 0 Å².